The van der Waals surface area contributed by atoms with Crippen LogP contribution in [0.5, 0.6) is 5.75 Å². The third-order valence-electron chi connectivity index (χ3n) is 4.49. The van der Waals surface area contributed by atoms with Crippen LogP contribution in [0.15, 0.2) is 73.2 Å². The first-order valence-electron chi connectivity index (χ1n) is 9.07. The smallest absolute Gasteiger partial charge is 0.406 e. The van der Waals surface area contributed by atoms with Crippen molar-refractivity contribution in [1.29, 1.82) is 0 Å². The fourth-order valence-corrected chi connectivity index (χ4v) is 2.95. The number of hydrogen-bond donors (Lipinski definition) is 1. The van der Waals surface area contributed by atoms with Gasteiger partial charge in [0.15, 0.2) is 5.65 Å². The summed E-state index contributed by atoms with van der Waals surface area (Å²) in [4.78, 5) is 16.2. The SMILES string of the molecule is O=C(Nc1ccc(OC(F)(F)F)cc1)C(F)(F)c1ccc(-c2ccn3ncnc3c2)cc1. The Morgan fingerprint density at radius 3 is 2.25 bits per heavy atom. The largest absolute Gasteiger partial charge is 0.573 e. The molecular formula is C21H13F5N4O2. The van der Waals surface area contributed by atoms with Crippen LogP contribution in [-0.2, 0) is 10.7 Å². The van der Waals surface area contributed by atoms with Crippen molar-refractivity contribution in [2.75, 3.05) is 5.32 Å². The number of nitrogens with zero attached hydrogens (tertiary/aromatic N) is 3. The lowest BCUT2D eigenvalue weighted by Crippen LogP contribution is -2.32. The molecule has 0 aliphatic heterocycles. The summed E-state index contributed by atoms with van der Waals surface area (Å²) in [5.41, 5.74) is 1.30. The summed E-state index contributed by atoms with van der Waals surface area (Å²) in [5, 5.41) is 5.97. The van der Waals surface area contributed by atoms with E-state index in [1.807, 2.05) is 5.32 Å². The molecule has 32 heavy (non-hydrogen) atoms. The van der Waals surface area contributed by atoms with E-state index in [1.54, 1.807) is 22.8 Å². The summed E-state index contributed by atoms with van der Waals surface area (Å²) >= 11 is 0. The molecule has 2 aromatic carbocycles. The van der Waals surface area contributed by atoms with Gasteiger partial charge in [-0.15, -0.1) is 13.2 Å². The Hall–Kier alpha value is -4.02. The summed E-state index contributed by atoms with van der Waals surface area (Å²) in [5.74, 6) is -6.04. The minimum Gasteiger partial charge on any atom is -0.406 e. The number of pyridine rings is 1. The lowest BCUT2D eigenvalue weighted by atomic mass is 10.0. The monoisotopic (exact) mass is 448 g/mol. The van der Waals surface area contributed by atoms with E-state index in [0.717, 1.165) is 42.0 Å². The zero-order chi connectivity index (χ0) is 22.9. The van der Waals surface area contributed by atoms with Crippen LogP contribution in [-0.4, -0.2) is 26.9 Å². The minimum atomic E-state index is -4.88. The number of aromatic nitrogens is 3. The second kappa shape index (κ2) is 7.91. The molecule has 2 heterocycles. The van der Waals surface area contributed by atoms with Crippen LogP contribution in [0, 0.1) is 0 Å². The highest BCUT2D eigenvalue weighted by molar-refractivity contribution is 5.96. The summed E-state index contributed by atoms with van der Waals surface area (Å²) < 4.78 is 71.1. The lowest BCUT2D eigenvalue weighted by Gasteiger charge is -2.17. The highest BCUT2D eigenvalue weighted by atomic mass is 19.4. The van der Waals surface area contributed by atoms with E-state index >= 15 is 0 Å². The Balaban J connectivity index is 1.48. The molecule has 164 valence electrons. The van der Waals surface area contributed by atoms with E-state index in [0.29, 0.717) is 11.2 Å². The van der Waals surface area contributed by atoms with Gasteiger partial charge in [0.25, 0.3) is 5.91 Å². The summed E-state index contributed by atoms with van der Waals surface area (Å²) in [6.07, 6.45) is -1.82. The molecule has 0 atom stereocenters. The third-order valence-corrected chi connectivity index (χ3v) is 4.49. The number of carbonyl (C=O) groups is 1. The van der Waals surface area contributed by atoms with E-state index in [2.05, 4.69) is 14.8 Å². The molecule has 2 aromatic heterocycles. The zero-order valence-electron chi connectivity index (χ0n) is 16.0. The Labute approximate surface area is 177 Å². The van der Waals surface area contributed by atoms with Crippen LogP contribution in [0.2, 0.25) is 0 Å². The predicted molar refractivity (Wildman–Crippen MR) is 104 cm³/mol. The molecule has 0 bridgehead atoms. The zero-order valence-corrected chi connectivity index (χ0v) is 16.0. The molecule has 1 amide bonds. The van der Waals surface area contributed by atoms with Gasteiger partial charge in [-0.05, 0) is 47.5 Å². The topological polar surface area (TPSA) is 68.5 Å². The van der Waals surface area contributed by atoms with Gasteiger partial charge in [-0.25, -0.2) is 9.50 Å². The van der Waals surface area contributed by atoms with Crippen molar-refractivity contribution >= 4 is 17.2 Å². The van der Waals surface area contributed by atoms with Gasteiger partial charge in [0.2, 0.25) is 0 Å². The van der Waals surface area contributed by atoms with Gasteiger partial charge < -0.3 is 10.1 Å². The molecule has 0 radical (unpaired) electrons. The minimum absolute atomic E-state index is 0.109. The highest BCUT2D eigenvalue weighted by Crippen LogP contribution is 2.32. The maximum Gasteiger partial charge on any atom is 0.573 e. The molecule has 0 saturated heterocycles. The Morgan fingerprint density at radius 1 is 0.906 bits per heavy atom. The second-order valence-corrected chi connectivity index (χ2v) is 6.66. The average molecular weight is 448 g/mol. The van der Waals surface area contributed by atoms with E-state index in [9.17, 15) is 26.7 Å². The van der Waals surface area contributed by atoms with Crippen LogP contribution in [0.1, 0.15) is 5.56 Å². The Bertz CT molecular complexity index is 1250. The van der Waals surface area contributed by atoms with Crippen molar-refractivity contribution in [2.24, 2.45) is 0 Å². The fourth-order valence-electron chi connectivity index (χ4n) is 2.95. The number of benzene rings is 2. The normalized spacial score (nSPS) is 12.0. The van der Waals surface area contributed by atoms with Crippen LogP contribution < -0.4 is 10.1 Å². The molecule has 0 aliphatic rings. The van der Waals surface area contributed by atoms with Crippen molar-refractivity contribution in [3.63, 3.8) is 0 Å². The van der Waals surface area contributed by atoms with Crippen molar-refractivity contribution in [1.82, 2.24) is 14.6 Å². The molecular weight excluding hydrogens is 435 g/mol. The Morgan fingerprint density at radius 2 is 1.59 bits per heavy atom. The quantitative estimate of drug-likeness (QED) is 0.435. The Kier molecular flexibility index (Phi) is 5.25. The lowest BCUT2D eigenvalue weighted by molar-refractivity contribution is -0.274. The summed E-state index contributed by atoms with van der Waals surface area (Å²) in [6.45, 7) is 0. The molecule has 4 aromatic rings. The molecule has 0 spiro atoms. The maximum absolute atomic E-state index is 14.6. The van der Waals surface area contributed by atoms with Crippen molar-refractivity contribution < 1.29 is 31.5 Å². The molecule has 0 fully saturated rings. The molecule has 11 heteroatoms. The number of carbonyl (C=O) groups excluding carboxylic acids is 1. The molecule has 1 N–H and O–H groups in total. The van der Waals surface area contributed by atoms with Crippen molar-refractivity contribution in [3.05, 3.63) is 78.8 Å². The van der Waals surface area contributed by atoms with Crippen LogP contribution in [0.4, 0.5) is 27.6 Å². The predicted octanol–water partition coefficient (Wildman–Crippen LogP) is 5.03. The average Bonchev–Trinajstić information content (AvgIpc) is 3.22. The van der Waals surface area contributed by atoms with E-state index < -0.39 is 29.5 Å². The summed E-state index contributed by atoms with van der Waals surface area (Å²) in [6, 6.07) is 12.5. The number of fused-ring (bicyclic) bond motifs is 1. The van der Waals surface area contributed by atoms with Gasteiger partial charge in [-0.3, -0.25) is 4.79 Å². The number of nitrogens with one attached hydrogen (secondary N) is 1. The van der Waals surface area contributed by atoms with Gasteiger partial charge in [0, 0.05) is 17.4 Å². The van der Waals surface area contributed by atoms with Crippen molar-refractivity contribution in [3.8, 4) is 16.9 Å². The number of halogens is 5. The summed E-state index contributed by atoms with van der Waals surface area (Å²) in [7, 11) is 0. The van der Waals surface area contributed by atoms with E-state index in [-0.39, 0.29) is 5.69 Å². The third kappa shape index (κ3) is 4.51. The first-order valence-corrected chi connectivity index (χ1v) is 9.07. The number of hydrogen-bond acceptors (Lipinski definition) is 4. The van der Waals surface area contributed by atoms with Gasteiger partial charge in [0.05, 0.1) is 0 Å². The first kappa shape index (κ1) is 21.2. The van der Waals surface area contributed by atoms with Gasteiger partial charge in [-0.1, -0.05) is 24.3 Å². The molecule has 4 rings (SSSR count). The fraction of sp³-hybridized carbons (Fsp3) is 0.0952. The molecule has 0 aliphatic carbocycles. The number of alkyl halides is 5. The molecule has 0 unspecified atom stereocenters. The van der Waals surface area contributed by atoms with Crippen LogP contribution in [0.25, 0.3) is 16.8 Å². The standard InChI is InChI=1S/C21H13F5N4O2/c22-20(23,19(31)29-16-5-7-17(8-6-16)32-21(24,25)26)15-3-1-13(2-4-15)14-9-10-30-18(11-14)27-12-28-30/h1-12H,(H,29,31). The van der Waals surface area contributed by atoms with Gasteiger partial charge >= 0.3 is 12.3 Å². The number of ether oxygens (including phenoxy) is 1. The number of rotatable bonds is 5. The maximum atomic E-state index is 14.6. The number of anilines is 1. The highest BCUT2D eigenvalue weighted by Gasteiger charge is 2.41. The van der Waals surface area contributed by atoms with E-state index in [1.165, 1.54) is 18.5 Å². The molecule has 0 saturated carbocycles. The first-order chi connectivity index (χ1) is 15.1. The second-order valence-electron chi connectivity index (χ2n) is 6.66. The van der Waals surface area contributed by atoms with Crippen LogP contribution >= 0.6 is 0 Å². The van der Waals surface area contributed by atoms with Gasteiger partial charge in [0.1, 0.15) is 12.1 Å². The van der Waals surface area contributed by atoms with Gasteiger partial charge in [-0.2, -0.15) is 13.9 Å². The molecule has 6 nitrogen and oxygen atoms in total. The van der Waals surface area contributed by atoms with Crippen LogP contribution in [0.3, 0.4) is 0 Å². The van der Waals surface area contributed by atoms with E-state index in [4.69, 9.17) is 0 Å². The number of amides is 1. The van der Waals surface area contributed by atoms with Crippen molar-refractivity contribution in [2.45, 2.75) is 12.3 Å².